The van der Waals surface area contributed by atoms with Gasteiger partial charge in [-0.1, -0.05) is 0 Å². The number of carbonyl (C=O) groups is 1. The van der Waals surface area contributed by atoms with Gasteiger partial charge in [-0.05, 0) is 20.8 Å². The van der Waals surface area contributed by atoms with E-state index >= 15 is 0 Å². The molecule has 0 radical (unpaired) electrons. The first-order valence-electron chi connectivity index (χ1n) is 3.98. The van der Waals surface area contributed by atoms with E-state index in [-0.39, 0.29) is 0 Å². The third kappa shape index (κ3) is 5.90. The van der Waals surface area contributed by atoms with Gasteiger partial charge < -0.3 is 10.4 Å². The van der Waals surface area contributed by atoms with Crippen molar-refractivity contribution in [3.05, 3.63) is 0 Å². The molecule has 0 saturated carbocycles. The summed E-state index contributed by atoms with van der Waals surface area (Å²) in [7, 11) is -4.56. The largest absolute Gasteiger partial charge is 0.375 e. The summed E-state index contributed by atoms with van der Waals surface area (Å²) < 4.78 is 29.1. The van der Waals surface area contributed by atoms with E-state index in [0.717, 1.165) is 0 Å². The Morgan fingerprint density at radius 2 is 1.86 bits per heavy atom. The number of hydrogen-bond acceptors (Lipinski definition) is 4. The molecule has 3 N–H and O–H groups in total. The summed E-state index contributed by atoms with van der Waals surface area (Å²) in [4.78, 5) is 11.1. The minimum Gasteiger partial charge on any atom is -0.375 e. The van der Waals surface area contributed by atoms with E-state index in [1.807, 2.05) is 0 Å². The SMILES string of the molecule is CC(C)(C)NC(=O)CC(O)S(=O)(=O)O. The fourth-order valence-electron chi connectivity index (χ4n) is 0.733. The quantitative estimate of drug-likeness (QED) is 0.562. The van der Waals surface area contributed by atoms with Crippen molar-refractivity contribution in [1.29, 1.82) is 0 Å². The molecule has 0 rings (SSSR count). The van der Waals surface area contributed by atoms with Crippen LogP contribution in [0.15, 0.2) is 0 Å². The van der Waals surface area contributed by atoms with Crippen LogP contribution in [0.5, 0.6) is 0 Å². The van der Waals surface area contributed by atoms with Gasteiger partial charge in [-0.25, -0.2) is 0 Å². The molecular weight excluding hydrogens is 210 g/mol. The first-order chi connectivity index (χ1) is 6.02. The lowest BCUT2D eigenvalue weighted by molar-refractivity contribution is -0.123. The van der Waals surface area contributed by atoms with E-state index in [2.05, 4.69) is 5.32 Å². The van der Waals surface area contributed by atoms with Gasteiger partial charge in [-0.15, -0.1) is 0 Å². The molecule has 0 aliphatic heterocycles. The van der Waals surface area contributed by atoms with Gasteiger partial charge in [0.1, 0.15) is 0 Å². The van der Waals surface area contributed by atoms with Crippen LogP contribution in [0.25, 0.3) is 0 Å². The van der Waals surface area contributed by atoms with E-state index < -0.39 is 33.4 Å². The normalized spacial score (nSPS) is 14.9. The summed E-state index contributed by atoms with van der Waals surface area (Å²) in [5.74, 6) is -0.636. The van der Waals surface area contributed by atoms with Crippen LogP contribution in [0.2, 0.25) is 0 Å². The first-order valence-corrected chi connectivity index (χ1v) is 5.48. The Labute approximate surface area is 83.1 Å². The standard InChI is InChI=1S/C7H15NO5S/c1-7(2,3)8-5(9)4-6(10)14(11,12)13/h6,10H,4H2,1-3H3,(H,8,9)(H,11,12,13). The second kappa shape index (κ2) is 4.24. The number of hydrogen-bond donors (Lipinski definition) is 3. The molecule has 14 heavy (non-hydrogen) atoms. The number of aliphatic hydroxyl groups is 1. The van der Waals surface area contributed by atoms with Gasteiger partial charge in [0.05, 0.1) is 6.42 Å². The van der Waals surface area contributed by atoms with Gasteiger partial charge >= 0.3 is 0 Å². The van der Waals surface area contributed by atoms with Crippen molar-refractivity contribution in [2.24, 2.45) is 0 Å². The second-order valence-corrected chi connectivity index (χ2v) is 5.55. The van der Waals surface area contributed by atoms with Crippen LogP contribution < -0.4 is 5.32 Å². The summed E-state index contributed by atoms with van der Waals surface area (Å²) in [6.45, 7) is 5.14. The zero-order valence-electron chi connectivity index (χ0n) is 8.31. The highest BCUT2D eigenvalue weighted by molar-refractivity contribution is 7.86. The van der Waals surface area contributed by atoms with E-state index in [1.165, 1.54) is 0 Å². The maximum absolute atomic E-state index is 11.1. The predicted molar refractivity (Wildman–Crippen MR) is 50.1 cm³/mol. The minimum atomic E-state index is -4.56. The molecule has 1 amide bonds. The van der Waals surface area contributed by atoms with Crippen LogP contribution in [-0.4, -0.2) is 35.0 Å². The topological polar surface area (TPSA) is 104 Å². The van der Waals surface area contributed by atoms with Gasteiger partial charge in [0.2, 0.25) is 5.91 Å². The van der Waals surface area contributed by atoms with Crippen LogP contribution in [0, 0.1) is 0 Å². The van der Waals surface area contributed by atoms with Crippen molar-refractivity contribution in [3.63, 3.8) is 0 Å². The van der Waals surface area contributed by atoms with Crippen LogP contribution in [0.3, 0.4) is 0 Å². The highest BCUT2D eigenvalue weighted by atomic mass is 32.2. The lowest BCUT2D eigenvalue weighted by Gasteiger charge is -2.20. The van der Waals surface area contributed by atoms with E-state index in [1.54, 1.807) is 20.8 Å². The molecule has 0 spiro atoms. The predicted octanol–water partition coefficient (Wildman–Crippen LogP) is -0.503. The molecule has 0 heterocycles. The lowest BCUT2D eigenvalue weighted by Crippen LogP contribution is -2.42. The summed E-state index contributed by atoms with van der Waals surface area (Å²) in [5.41, 5.74) is -2.57. The fourth-order valence-corrected chi connectivity index (χ4v) is 1.10. The molecule has 0 fully saturated rings. The number of aliphatic hydroxyl groups excluding tert-OH is 1. The summed E-state index contributed by atoms with van der Waals surface area (Å²) in [6, 6.07) is 0. The minimum absolute atomic E-state index is 0.504. The molecule has 1 unspecified atom stereocenters. The van der Waals surface area contributed by atoms with Gasteiger partial charge in [-0.3, -0.25) is 9.35 Å². The molecule has 0 aromatic rings. The monoisotopic (exact) mass is 225 g/mol. The van der Waals surface area contributed by atoms with E-state index in [4.69, 9.17) is 9.66 Å². The maximum atomic E-state index is 11.1. The molecule has 0 aromatic heterocycles. The van der Waals surface area contributed by atoms with E-state index in [0.29, 0.717) is 0 Å². The molecule has 0 aliphatic rings. The highest BCUT2D eigenvalue weighted by Crippen LogP contribution is 2.03. The van der Waals surface area contributed by atoms with Gasteiger partial charge in [0.15, 0.2) is 5.44 Å². The molecule has 6 nitrogen and oxygen atoms in total. The van der Waals surface area contributed by atoms with Gasteiger partial charge in [-0.2, -0.15) is 8.42 Å². The second-order valence-electron chi connectivity index (χ2n) is 3.97. The Bertz CT molecular complexity index is 303. The van der Waals surface area contributed by atoms with Crippen molar-refractivity contribution < 1.29 is 22.9 Å². The van der Waals surface area contributed by atoms with Crippen molar-refractivity contribution in [1.82, 2.24) is 5.32 Å². The third-order valence-electron chi connectivity index (χ3n) is 1.22. The van der Waals surface area contributed by atoms with Gasteiger partial charge in [0.25, 0.3) is 10.1 Å². The zero-order chi connectivity index (χ0) is 11.6. The molecular formula is C7H15NO5S. The number of nitrogens with one attached hydrogen (secondary N) is 1. The van der Waals surface area contributed by atoms with Crippen molar-refractivity contribution in [2.45, 2.75) is 38.2 Å². The zero-order valence-corrected chi connectivity index (χ0v) is 9.13. The molecule has 84 valence electrons. The Balaban J connectivity index is 4.23. The third-order valence-corrected chi connectivity index (χ3v) is 2.07. The summed E-state index contributed by atoms with van der Waals surface area (Å²) in [6.07, 6.45) is -0.671. The highest BCUT2D eigenvalue weighted by Gasteiger charge is 2.24. The Kier molecular flexibility index (Phi) is 4.04. The Morgan fingerprint density at radius 1 is 1.43 bits per heavy atom. The molecule has 7 heteroatoms. The smallest absolute Gasteiger partial charge is 0.292 e. The van der Waals surface area contributed by atoms with Crippen molar-refractivity contribution in [3.8, 4) is 0 Å². The molecule has 0 saturated heterocycles. The van der Waals surface area contributed by atoms with Crippen LogP contribution in [0.1, 0.15) is 27.2 Å². The molecule has 1 atom stereocenters. The number of carbonyl (C=O) groups excluding carboxylic acids is 1. The van der Waals surface area contributed by atoms with Crippen LogP contribution >= 0.6 is 0 Å². The van der Waals surface area contributed by atoms with E-state index in [9.17, 15) is 13.2 Å². The molecule has 0 aliphatic carbocycles. The number of rotatable bonds is 3. The number of amides is 1. The van der Waals surface area contributed by atoms with Crippen molar-refractivity contribution in [2.75, 3.05) is 0 Å². The average molecular weight is 225 g/mol. The maximum Gasteiger partial charge on any atom is 0.292 e. The fraction of sp³-hybridized carbons (Fsp3) is 0.857. The Hall–Kier alpha value is -0.660. The van der Waals surface area contributed by atoms with Crippen LogP contribution in [0.4, 0.5) is 0 Å². The molecule has 0 aromatic carbocycles. The summed E-state index contributed by atoms with van der Waals surface area (Å²) in [5, 5.41) is 11.3. The first kappa shape index (κ1) is 13.3. The lowest BCUT2D eigenvalue weighted by atomic mass is 10.1. The van der Waals surface area contributed by atoms with Gasteiger partial charge in [0, 0.05) is 5.54 Å². The van der Waals surface area contributed by atoms with Crippen molar-refractivity contribution >= 4 is 16.0 Å². The van der Waals surface area contributed by atoms with Crippen LogP contribution in [-0.2, 0) is 14.9 Å². The average Bonchev–Trinajstić information content (AvgIpc) is 1.79. The Morgan fingerprint density at radius 3 is 2.14 bits per heavy atom. The summed E-state index contributed by atoms with van der Waals surface area (Å²) >= 11 is 0. The molecule has 0 bridgehead atoms.